The number of imidazole rings is 1. The highest BCUT2D eigenvalue weighted by molar-refractivity contribution is 4.93. The van der Waals surface area contributed by atoms with Crippen LogP contribution in [0.15, 0.2) is 16.8 Å². The number of aromatic nitrogens is 4. The zero-order valence-electron chi connectivity index (χ0n) is 7.71. The molecule has 6 heteroatoms. The van der Waals surface area contributed by atoms with Gasteiger partial charge in [-0.2, -0.15) is 0 Å². The average molecular weight is 194 g/mol. The maximum atomic E-state index is 8.94. The molecular weight excluding hydrogens is 184 g/mol. The lowest BCUT2D eigenvalue weighted by Gasteiger charge is -2.00. The van der Waals surface area contributed by atoms with Gasteiger partial charge in [0, 0.05) is 19.3 Å². The monoisotopic (exact) mass is 194 g/mol. The number of hydrogen-bond acceptors (Lipinski definition) is 5. The van der Waals surface area contributed by atoms with E-state index < -0.39 is 0 Å². The van der Waals surface area contributed by atoms with Gasteiger partial charge in [0.15, 0.2) is 0 Å². The summed E-state index contributed by atoms with van der Waals surface area (Å²) >= 11 is 0. The van der Waals surface area contributed by atoms with E-state index in [4.69, 9.17) is 9.52 Å². The van der Waals surface area contributed by atoms with Crippen molar-refractivity contribution in [3.05, 3.63) is 30.0 Å². The Bertz CT molecular complexity index is 420. The van der Waals surface area contributed by atoms with Crippen LogP contribution in [0.5, 0.6) is 0 Å². The SMILES string of the molecule is Cc1nnc(Cn2ccnc2CO)o1. The lowest BCUT2D eigenvalue weighted by atomic mass is 10.5. The van der Waals surface area contributed by atoms with Crippen molar-refractivity contribution in [3.63, 3.8) is 0 Å². The Kier molecular flexibility index (Phi) is 2.28. The first-order chi connectivity index (χ1) is 6.79. The first-order valence-electron chi connectivity index (χ1n) is 4.19. The van der Waals surface area contributed by atoms with Gasteiger partial charge in [-0.15, -0.1) is 10.2 Å². The molecule has 0 radical (unpaired) electrons. The van der Waals surface area contributed by atoms with Crippen LogP contribution in [-0.2, 0) is 13.2 Å². The van der Waals surface area contributed by atoms with Crippen molar-refractivity contribution >= 4 is 0 Å². The molecule has 2 heterocycles. The molecule has 0 saturated carbocycles. The highest BCUT2D eigenvalue weighted by Crippen LogP contribution is 2.04. The third-order valence-corrected chi connectivity index (χ3v) is 1.82. The summed E-state index contributed by atoms with van der Waals surface area (Å²) in [6.07, 6.45) is 3.37. The molecule has 2 aromatic rings. The Morgan fingerprint density at radius 2 is 2.36 bits per heavy atom. The zero-order chi connectivity index (χ0) is 9.97. The van der Waals surface area contributed by atoms with Crippen molar-refractivity contribution in [2.45, 2.75) is 20.1 Å². The molecule has 1 N–H and O–H groups in total. The Hall–Kier alpha value is -1.69. The fourth-order valence-corrected chi connectivity index (χ4v) is 1.18. The Morgan fingerprint density at radius 3 is 3.00 bits per heavy atom. The van der Waals surface area contributed by atoms with E-state index in [1.165, 1.54) is 0 Å². The van der Waals surface area contributed by atoms with Crippen LogP contribution in [0.1, 0.15) is 17.6 Å². The van der Waals surface area contributed by atoms with Crippen LogP contribution >= 0.6 is 0 Å². The van der Waals surface area contributed by atoms with Gasteiger partial charge in [-0.1, -0.05) is 0 Å². The smallest absolute Gasteiger partial charge is 0.236 e. The fraction of sp³-hybridized carbons (Fsp3) is 0.375. The highest BCUT2D eigenvalue weighted by atomic mass is 16.4. The van der Waals surface area contributed by atoms with Gasteiger partial charge in [-0.3, -0.25) is 0 Å². The fourth-order valence-electron chi connectivity index (χ4n) is 1.18. The van der Waals surface area contributed by atoms with Gasteiger partial charge in [0.25, 0.3) is 0 Å². The molecule has 0 amide bonds. The topological polar surface area (TPSA) is 77.0 Å². The first kappa shape index (κ1) is 8.89. The second kappa shape index (κ2) is 3.59. The molecule has 6 nitrogen and oxygen atoms in total. The highest BCUT2D eigenvalue weighted by Gasteiger charge is 2.06. The summed E-state index contributed by atoms with van der Waals surface area (Å²) in [4.78, 5) is 3.96. The number of aliphatic hydroxyl groups excluding tert-OH is 1. The predicted molar refractivity (Wildman–Crippen MR) is 46.3 cm³/mol. The van der Waals surface area contributed by atoms with Gasteiger partial charge in [0.2, 0.25) is 11.8 Å². The van der Waals surface area contributed by atoms with Crippen molar-refractivity contribution < 1.29 is 9.52 Å². The minimum Gasteiger partial charge on any atom is -0.424 e. The Morgan fingerprint density at radius 1 is 1.50 bits per heavy atom. The van der Waals surface area contributed by atoms with Crippen LogP contribution in [0.25, 0.3) is 0 Å². The number of rotatable bonds is 3. The van der Waals surface area contributed by atoms with Gasteiger partial charge in [-0.25, -0.2) is 4.98 Å². The molecule has 0 aliphatic carbocycles. The van der Waals surface area contributed by atoms with Crippen LogP contribution in [0.3, 0.4) is 0 Å². The van der Waals surface area contributed by atoms with Crippen LogP contribution in [-0.4, -0.2) is 24.9 Å². The molecule has 0 unspecified atom stereocenters. The van der Waals surface area contributed by atoms with Crippen molar-refractivity contribution in [2.24, 2.45) is 0 Å². The zero-order valence-corrected chi connectivity index (χ0v) is 7.71. The average Bonchev–Trinajstić information content (AvgIpc) is 2.76. The maximum absolute atomic E-state index is 8.94. The predicted octanol–water partition coefficient (Wildman–Crippen LogP) is 0.115. The van der Waals surface area contributed by atoms with E-state index in [0.29, 0.717) is 24.2 Å². The van der Waals surface area contributed by atoms with Crippen molar-refractivity contribution in [1.29, 1.82) is 0 Å². The molecule has 0 aromatic carbocycles. The quantitative estimate of drug-likeness (QED) is 0.750. The van der Waals surface area contributed by atoms with Crippen LogP contribution < -0.4 is 0 Å². The molecule has 2 aromatic heterocycles. The third-order valence-electron chi connectivity index (χ3n) is 1.82. The second-order valence-corrected chi connectivity index (χ2v) is 2.84. The van der Waals surface area contributed by atoms with Crippen LogP contribution in [0.4, 0.5) is 0 Å². The molecule has 74 valence electrons. The molecule has 0 atom stereocenters. The summed E-state index contributed by atoms with van der Waals surface area (Å²) in [5.74, 6) is 1.63. The largest absolute Gasteiger partial charge is 0.424 e. The maximum Gasteiger partial charge on any atom is 0.236 e. The molecule has 0 aliphatic rings. The van der Waals surface area contributed by atoms with Crippen LogP contribution in [0, 0.1) is 6.92 Å². The minimum atomic E-state index is -0.0971. The van der Waals surface area contributed by atoms with Gasteiger partial charge < -0.3 is 14.1 Å². The number of hydrogen-bond donors (Lipinski definition) is 1. The van der Waals surface area contributed by atoms with E-state index in [9.17, 15) is 0 Å². The van der Waals surface area contributed by atoms with Gasteiger partial charge in [0.05, 0.1) is 0 Å². The van der Waals surface area contributed by atoms with Crippen molar-refractivity contribution in [1.82, 2.24) is 19.7 Å². The molecular formula is C8H10N4O2. The van der Waals surface area contributed by atoms with Gasteiger partial charge in [0.1, 0.15) is 19.0 Å². The number of aliphatic hydroxyl groups is 1. The van der Waals surface area contributed by atoms with Gasteiger partial charge >= 0.3 is 0 Å². The molecule has 0 aliphatic heterocycles. The summed E-state index contributed by atoms with van der Waals surface area (Å²) < 4.78 is 6.96. The molecule has 0 fully saturated rings. The summed E-state index contributed by atoms with van der Waals surface area (Å²) in [6, 6.07) is 0. The van der Waals surface area contributed by atoms with E-state index in [-0.39, 0.29) is 6.61 Å². The normalized spacial score (nSPS) is 10.7. The molecule has 2 rings (SSSR count). The van der Waals surface area contributed by atoms with E-state index in [2.05, 4.69) is 15.2 Å². The van der Waals surface area contributed by atoms with E-state index in [1.807, 2.05) is 0 Å². The van der Waals surface area contributed by atoms with E-state index >= 15 is 0 Å². The molecule has 0 spiro atoms. The van der Waals surface area contributed by atoms with Crippen molar-refractivity contribution in [3.8, 4) is 0 Å². The number of nitrogens with zero attached hydrogens (tertiary/aromatic N) is 4. The Labute approximate surface area is 80.2 Å². The van der Waals surface area contributed by atoms with Crippen LogP contribution in [0.2, 0.25) is 0 Å². The molecule has 14 heavy (non-hydrogen) atoms. The lowest BCUT2D eigenvalue weighted by Crippen LogP contribution is -2.04. The van der Waals surface area contributed by atoms with E-state index in [0.717, 1.165) is 0 Å². The second-order valence-electron chi connectivity index (χ2n) is 2.84. The van der Waals surface area contributed by atoms with E-state index in [1.54, 1.807) is 23.9 Å². The molecule has 0 bridgehead atoms. The Balaban J connectivity index is 2.18. The summed E-state index contributed by atoms with van der Waals surface area (Å²) in [5.41, 5.74) is 0. The number of aryl methyl sites for hydroxylation is 1. The van der Waals surface area contributed by atoms with Gasteiger partial charge in [-0.05, 0) is 0 Å². The third kappa shape index (κ3) is 1.64. The standard InChI is InChI=1S/C8H10N4O2/c1-6-10-11-8(14-6)4-12-3-2-9-7(12)5-13/h2-3,13H,4-5H2,1H3. The summed E-state index contributed by atoms with van der Waals surface area (Å²) in [5, 5.41) is 16.5. The first-order valence-corrected chi connectivity index (χ1v) is 4.19. The lowest BCUT2D eigenvalue weighted by molar-refractivity contribution is 0.265. The summed E-state index contributed by atoms with van der Waals surface area (Å²) in [7, 11) is 0. The molecule has 0 saturated heterocycles. The minimum absolute atomic E-state index is 0.0971. The summed E-state index contributed by atoms with van der Waals surface area (Å²) in [6.45, 7) is 2.08. The van der Waals surface area contributed by atoms with Crippen molar-refractivity contribution in [2.75, 3.05) is 0 Å².